The Labute approximate surface area is 141 Å². The van der Waals surface area contributed by atoms with Crippen molar-refractivity contribution in [1.29, 1.82) is 0 Å². The molecule has 4 heteroatoms. The van der Waals surface area contributed by atoms with Gasteiger partial charge in [0.05, 0.1) is 0 Å². The predicted molar refractivity (Wildman–Crippen MR) is 91.1 cm³/mol. The van der Waals surface area contributed by atoms with Gasteiger partial charge in [0, 0.05) is 38.1 Å². The Kier molecular flexibility index (Phi) is 4.10. The number of likely N-dealkylation sites (N-methyl/N-ethyl adjacent to an activating group) is 1. The number of nitrogens with zero attached hydrogens (tertiary/aromatic N) is 2. The summed E-state index contributed by atoms with van der Waals surface area (Å²) >= 11 is 0. The van der Waals surface area contributed by atoms with Gasteiger partial charge in [0.15, 0.2) is 0 Å². The van der Waals surface area contributed by atoms with Gasteiger partial charge in [-0.1, -0.05) is 18.2 Å². The standard InChI is InChI=1S/C20H22F2N2/c1-23-8-10-24(11-9-23)20-13-18(14-2-4-15(21)5-3-14)17-7-6-16(22)12-19(17)20/h2-7,12,18,20H,8-11,13H2,1H3/t18-,20-/m0/s1. The highest BCUT2D eigenvalue weighted by Crippen LogP contribution is 2.47. The molecule has 0 unspecified atom stereocenters. The first-order chi connectivity index (χ1) is 11.6. The van der Waals surface area contributed by atoms with Gasteiger partial charge in [0.1, 0.15) is 11.6 Å². The first kappa shape index (κ1) is 15.7. The summed E-state index contributed by atoms with van der Waals surface area (Å²) in [6.07, 6.45) is 0.939. The SMILES string of the molecule is CN1CCN([C@H]2C[C@@H](c3ccc(F)cc3)c3ccc(F)cc32)CC1. The van der Waals surface area contributed by atoms with Crippen LogP contribution in [0.5, 0.6) is 0 Å². The summed E-state index contributed by atoms with van der Waals surface area (Å²) in [5.41, 5.74) is 3.40. The molecule has 1 aliphatic heterocycles. The van der Waals surface area contributed by atoms with Crippen LogP contribution in [-0.4, -0.2) is 43.0 Å². The molecule has 0 saturated carbocycles. The molecule has 2 aromatic rings. The number of piperazine rings is 1. The van der Waals surface area contributed by atoms with Crippen LogP contribution in [0.1, 0.15) is 35.1 Å². The molecule has 2 aromatic carbocycles. The van der Waals surface area contributed by atoms with Crippen molar-refractivity contribution in [3.05, 3.63) is 70.8 Å². The molecule has 0 aromatic heterocycles. The second-order valence-electron chi connectivity index (χ2n) is 6.97. The van der Waals surface area contributed by atoms with Crippen molar-refractivity contribution in [1.82, 2.24) is 9.80 Å². The molecule has 24 heavy (non-hydrogen) atoms. The summed E-state index contributed by atoms with van der Waals surface area (Å²) in [5, 5.41) is 0. The van der Waals surface area contributed by atoms with E-state index in [-0.39, 0.29) is 23.6 Å². The molecule has 1 aliphatic carbocycles. The summed E-state index contributed by atoms with van der Waals surface area (Å²) in [7, 11) is 2.14. The minimum Gasteiger partial charge on any atom is -0.304 e. The van der Waals surface area contributed by atoms with E-state index in [9.17, 15) is 8.78 Å². The first-order valence-corrected chi connectivity index (χ1v) is 8.59. The van der Waals surface area contributed by atoms with Gasteiger partial charge in [-0.3, -0.25) is 4.90 Å². The van der Waals surface area contributed by atoms with Gasteiger partial charge in [0.25, 0.3) is 0 Å². The van der Waals surface area contributed by atoms with Crippen LogP contribution in [0.15, 0.2) is 42.5 Å². The molecule has 1 heterocycles. The molecule has 1 saturated heterocycles. The fourth-order valence-electron chi connectivity index (χ4n) is 4.12. The van der Waals surface area contributed by atoms with E-state index in [0.717, 1.165) is 43.7 Å². The molecule has 1 fully saturated rings. The van der Waals surface area contributed by atoms with Gasteiger partial charge in [-0.25, -0.2) is 8.78 Å². The summed E-state index contributed by atoms with van der Waals surface area (Å²) in [6.45, 7) is 4.10. The predicted octanol–water partition coefficient (Wildman–Crippen LogP) is 3.79. The lowest BCUT2D eigenvalue weighted by Gasteiger charge is -2.37. The average molecular weight is 328 g/mol. The summed E-state index contributed by atoms with van der Waals surface area (Å²) < 4.78 is 27.1. The van der Waals surface area contributed by atoms with Crippen molar-refractivity contribution in [2.75, 3.05) is 33.2 Å². The molecule has 4 rings (SSSR count). The van der Waals surface area contributed by atoms with Crippen LogP contribution in [0, 0.1) is 11.6 Å². The Hall–Kier alpha value is -1.78. The summed E-state index contributed by atoms with van der Waals surface area (Å²) in [4.78, 5) is 4.80. The maximum absolute atomic E-state index is 13.9. The molecule has 0 radical (unpaired) electrons. The maximum Gasteiger partial charge on any atom is 0.123 e. The number of rotatable bonds is 2. The van der Waals surface area contributed by atoms with Crippen molar-refractivity contribution in [3.8, 4) is 0 Å². The monoisotopic (exact) mass is 328 g/mol. The third-order valence-corrected chi connectivity index (χ3v) is 5.49. The highest BCUT2D eigenvalue weighted by atomic mass is 19.1. The molecule has 0 spiro atoms. The van der Waals surface area contributed by atoms with Crippen molar-refractivity contribution in [3.63, 3.8) is 0 Å². The highest BCUT2D eigenvalue weighted by Gasteiger charge is 2.36. The van der Waals surface area contributed by atoms with E-state index in [1.807, 2.05) is 18.2 Å². The van der Waals surface area contributed by atoms with Crippen molar-refractivity contribution in [2.45, 2.75) is 18.4 Å². The van der Waals surface area contributed by atoms with E-state index >= 15 is 0 Å². The Morgan fingerprint density at radius 2 is 1.50 bits per heavy atom. The van der Waals surface area contributed by atoms with Crippen LogP contribution in [0.2, 0.25) is 0 Å². The van der Waals surface area contributed by atoms with Gasteiger partial charge >= 0.3 is 0 Å². The average Bonchev–Trinajstić information content (AvgIpc) is 2.95. The highest BCUT2D eigenvalue weighted by molar-refractivity contribution is 5.44. The number of hydrogen-bond donors (Lipinski definition) is 0. The first-order valence-electron chi connectivity index (χ1n) is 8.59. The van der Waals surface area contributed by atoms with Gasteiger partial charge < -0.3 is 4.90 Å². The van der Waals surface area contributed by atoms with E-state index in [2.05, 4.69) is 16.8 Å². The summed E-state index contributed by atoms with van der Waals surface area (Å²) in [5.74, 6) is -0.176. The third kappa shape index (κ3) is 2.85. The largest absolute Gasteiger partial charge is 0.304 e. The number of halogens is 2. The van der Waals surface area contributed by atoms with Crippen molar-refractivity contribution >= 4 is 0 Å². The molecule has 0 N–H and O–H groups in total. The van der Waals surface area contributed by atoms with Crippen LogP contribution in [0.4, 0.5) is 8.78 Å². The van der Waals surface area contributed by atoms with Crippen LogP contribution in [0.3, 0.4) is 0 Å². The van der Waals surface area contributed by atoms with Crippen LogP contribution < -0.4 is 0 Å². The molecular weight excluding hydrogens is 306 g/mol. The molecule has 2 nitrogen and oxygen atoms in total. The number of fused-ring (bicyclic) bond motifs is 1. The minimum atomic E-state index is -0.216. The molecule has 2 aliphatic rings. The molecule has 126 valence electrons. The molecule has 0 amide bonds. The Bertz CT molecular complexity index is 721. The van der Waals surface area contributed by atoms with E-state index in [0.29, 0.717) is 0 Å². The van der Waals surface area contributed by atoms with Crippen LogP contribution in [0.25, 0.3) is 0 Å². The number of benzene rings is 2. The Morgan fingerprint density at radius 3 is 2.21 bits per heavy atom. The second kappa shape index (κ2) is 6.26. The minimum absolute atomic E-state index is 0.173. The van der Waals surface area contributed by atoms with Crippen LogP contribution >= 0.6 is 0 Å². The van der Waals surface area contributed by atoms with Crippen molar-refractivity contribution in [2.24, 2.45) is 0 Å². The number of hydrogen-bond acceptors (Lipinski definition) is 2. The van der Waals surface area contributed by atoms with Crippen molar-refractivity contribution < 1.29 is 8.78 Å². The van der Waals surface area contributed by atoms with E-state index in [4.69, 9.17) is 0 Å². The lowest BCUT2D eigenvalue weighted by Crippen LogP contribution is -2.45. The molecule has 2 atom stereocenters. The van der Waals surface area contributed by atoms with E-state index in [1.165, 1.54) is 17.7 Å². The third-order valence-electron chi connectivity index (χ3n) is 5.49. The molecule has 0 bridgehead atoms. The van der Waals surface area contributed by atoms with Crippen LogP contribution in [-0.2, 0) is 0 Å². The van der Waals surface area contributed by atoms with Gasteiger partial charge in [-0.15, -0.1) is 0 Å². The zero-order chi connectivity index (χ0) is 16.7. The lowest BCUT2D eigenvalue weighted by atomic mass is 9.93. The Morgan fingerprint density at radius 1 is 0.833 bits per heavy atom. The Balaban J connectivity index is 1.68. The zero-order valence-corrected chi connectivity index (χ0v) is 13.9. The fraction of sp³-hybridized carbons (Fsp3) is 0.400. The van der Waals surface area contributed by atoms with E-state index < -0.39 is 0 Å². The van der Waals surface area contributed by atoms with Gasteiger partial charge in [0.2, 0.25) is 0 Å². The lowest BCUT2D eigenvalue weighted by molar-refractivity contribution is 0.110. The van der Waals surface area contributed by atoms with Gasteiger partial charge in [-0.05, 0) is 54.4 Å². The fourth-order valence-corrected chi connectivity index (χ4v) is 4.12. The summed E-state index contributed by atoms with van der Waals surface area (Å²) in [6, 6.07) is 12.2. The quantitative estimate of drug-likeness (QED) is 0.828. The smallest absolute Gasteiger partial charge is 0.123 e. The maximum atomic E-state index is 13.9. The second-order valence-corrected chi connectivity index (χ2v) is 6.97. The van der Waals surface area contributed by atoms with Gasteiger partial charge in [-0.2, -0.15) is 0 Å². The zero-order valence-electron chi connectivity index (χ0n) is 13.9. The molecular formula is C20H22F2N2. The topological polar surface area (TPSA) is 6.48 Å². The normalized spacial score (nSPS) is 25.0. The van der Waals surface area contributed by atoms with E-state index in [1.54, 1.807) is 12.1 Å².